The molecule has 21 heavy (non-hydrogen) atoms. The molecule has 0 atom stereocenters. The van der Waals surface area contributed by atoms with Crippen LogP contribution in [-0.2, 0) is 4.79 Å². The molecule has 0 fully saturated rings. The number of nitrogens with zero attached hydrogens (tertiary/aromatic N) is 1. The summed E-state index contributed by atoms with van der Waals surface area (Å²) in [6, 6.07) is 10.3. The van der Waals surface area contributed by atoms with Gasteiger partial charge in [0.1, 0.15) is 5.82 Å². The molecule has 2 rings (SSSR count). The first-order valence-corrected chi connectivity index (χ1v) is 7.28. The van der Waals surface area contributed by atoms with Gasteiger partial charge in [0.25, 0.3) is 0 Å². The number of thioether (sulfide) groups is 1. The van der Waals surface area contributed by atoms with E-state index in [0.29, 0.717) is 17.1 Å². The van der Waals surface area contributed by atoms with Crippen molar-refractivity contribution in [3.63, 3.8) is 0 Å². The summed E-state index contributed by atoms with van der Waals surface area (Å²) in [5.74, 6) is 0.612. The number of nitrogen functional groups attached to an aromatic ring is 1. The maximum atomic E-state index is 11.8. The SMILES string of the molecule is CC(=O)c1ccc(NC(=O)CSc2ccc(N)nc2)cc1. The molecule has 0 aliphatic rings. The summed E-state index contributed by atoms with van der Waals surface area (Å²) in [5, 5.41) is 2.77. The van der Waals surface area contributed by atoms with Crippen molar-refractivity contribution in [2.45, 2.75) is 11.8 Å². The van der Waals surface area contributed by atoms with Gasteiger partial charge in [-0.15, -0.1) is 11.8 Å². The quantitative estimate of drug-likeness (QED) is 0.655. The molecule has 1 aromatic heterocycles. The normalized spacial score (nSPS) is 10.1. The van der Waals surface area contributed by atoms with Crippen molar-refractivity contribution in [1.29, 1.82) is 0 Å². The maximum Gasteiger partial charge on any atom is 0.234 e. The summed E-state index contributed by atoms with van der Waals surface area (Å²) in [6.07, 6.45) is 1.63. The van der Waals surface area contributed by atoms with Crippen molar-refractivity contribution < 1.29 is 9.59 Å². The van der Waals surface area contributed by atoms with Crippen molar-refractivity contribution in [2.24, 2.45) is 0 Å². The predicted octanol–water partition coefficient (Wildman–Crippen LogP) is 2.60. The number of ketones is 1. The van der Waals surface area contributed by atoms with Gasteiger partial charge in [0.15, 0.2) is 5.78 Å². The van der Waals surface area contributed by atoms with Crippen molar-refractivity contribution >= 4 is 35.0 Å². The van der Waals surface area contributed by atoms with E-state index in [9.17, 15) is 9.59 Å². The van der Waals surface area contributed by atoms with Gasteiger partial charge >= 0.3 is 0 Å². The number of carbonyl (C=O) groups is 2. The molecule has 0 radical (unpaired) electrons. The van der Waals surface area contributed by atoms with Crippen LogP contribution in [0, 0.1) is 0 Å². The van der Waals surface area contributed by atoms with Gasteiger partial charge < -0.3 is 11.1 Å². The Bertz CT molecular complexity index is 639. The Balaban J connectivity index is 1.86. The lowest BCUT2D eigenvalue weighted by Gasteiger charge is -2.06. The average Bonchev–Trinajstić information content (AvgIpc) is 2.47. The number of aromatic nitrogens is 1. The Labute approximate surface area is 127 Å². The molecular weight excluding hydrogens is 286 g/mol. The van der Waals surface area contributed by atoms with E-state index in [4.69, 9.17) is 5.73 Å². The second-order valence-electron chi connectivity index (χ2n) is 4.39. The molecular formula is C15H15N3O2S. The van der Waals surface area contributed by atoms with Crippen molar-refractivity contribution in [3.8, 4) is 0 Å². The van der Waals surface area contributed by atoms with Crippen LogP contribution in [0.1, 0.15) is 17.3 Å². The summed E-state index contributed by atoms with van der Waals surface area (Å²) in [6.45, 7) is 1.50. The van der Waals surface area contributed by atoms with Crippen LogP contribution in [0.2, 0.25) is 0 Å². The Hall–Kier alpha value is -2.34. The highest BCUT2D eigenvalue weighted by atomic mass is 32.2. The molecule has 0 aliphatic carbocycles. The summed E-state index contributed by atoms with van der Waals surface area (Å²) in [7, 11) is 0. The third-order valence-electron chi connectivity index (χ3n) is 2.70. The van der Waals surface area contributed by atoms with Gasteiger partial charge in [-0.25, -0.2) is 4.98 Å². The lowest BCUT2D eigenvalue weighted by molar-refractivity contribution is -0.113. The number of hydrogen-bond acceptors (Lipinski definition) is 5. The van der Waals surface area contributed by atoms with Crippen LogP contribution >= 0.6 is 11.8 Å². The minimum atomic E-state index is -0.118. The zero-order chi connectivity index (χ0) is 15.2. The summed E-state index contributed by atoms with van der Waals surface area (Å²) < 4.78 is 0. The molecule has 1 aromatic carbocycles. The van der Waals surface area contributed by atoms with Crippen molar-refractivity contribution in [2.75, 3.05) is 16.8 Å². The van der Waals surface area contributed by atoms with Crippen LogP contribution in [-0.4, -0.2) is 22.4 Å². The summed E-state index contributed by atoms with van der Waals surface area (Å²) in [5.41, 5.74) is 6.78. The van der Waals surface area contributed by atoms with Crippen molar-refractivity contribution in [3.05, 3.63) is 48.2 Å². The number of carbonyl (C=O) groups excluding carboxylic acids is 2. The van der Waals surface area contributed by atoms with E-state index in [2.05, 4.69) is 10.3 Å². The minimum Gasteiger partial charge on any atom is -0.384 e. The average molecular weight is 301 g/mol. The van der Waals surface area contributed by atoms with Crippen LogP contribution in [0.4, 0.5) is 11.5 Å². The second-order valence-corrected chi connectivity index (χ2v) is 5.44. The predicted molar refractivity (Wildman–Crippen MR) is 84.4 cm³/mol. The number of rotatable bonds is 5. The number of pyridine rings is 1. The standard InChI is InChI=1S/C15H15N3O2S/c1-10(19)11-2-4-12(5-3-11)18-15(20)9-21-13-6-7-14(16)17-8-13/h2-8H,9H2,1H3,(H2,16,17)(H,18,20). The molecule has 108 valence electrons. The molecule has 5 nitrogen and oxygen atoms in total. The van der Waals surface area contributed by atoms with Crippen LogP contribution < -0.4 is 11.1 Å². The van der Waals surface area contributed by atoms with Gasteiger partial charge in [0.05, 0.1) is 5.75 Å². The topological polar surface area (TPSA) is 85.1 Å². The number of anilines is 2. The fourth-order valence-corrected chi connectivity index (χ4v) is 2.27. The number of nitrogens with one attached hydrogen (secondary N) is 1. The Morgan fingerprint density at radius 1 is 1.19 bits per heavy atom. The summed E-state index contributed by atoms with van der Waals surface area (Å²) >= 11 is 1.38. The monoisotopic (exact) mass is 301 g/mol. The third kappa shape index (κ3) is 4.61. The van der Waals surface area contributed by atoms with E-state index in [1.165, 1.54) is 18.7 Å². The largest absolute Gasteiger partial charge is 0.384 e. The molecule has 0 spiro atoms. The zero-order valence-corrected chi connectivity index (χ0v) is 12.3. The van der Waals surface area contributed by atoms with Crippen LogP contribution in [0.3, 0.4) is 0 Å². The molecule has 1 heterocycles. The highest BCUT2D eigenvalue weighted by Crippen LogP contribution is 2.18. The molecule has 0 aliphatic heterocycles. The lowest BCUT2D eigenvalue weighted by Crippen LogP contribution is -2.14. The lowest BCUT2D eigenvalue weighted by atomic mass is 10.1. The zero-order valence-electron chi connectivity index (χ0n) is 11.5. The maximum absolute atomic E-state index is 11.8. The van der Waals surface area contributed by atoms with E-state index >= 15 is 0 Å². The molecule has 0 saturated heterocycles. The van der Waals surface area contributed by atoms with E-state index in [0.717, 1.165) is 4.90 Å². The molecule has 0 bridgehead atoms. The Morgan fingerprint density at radius 3 is 2.48 bits per heavy atom. The smallest absolute Gasteiger partial charge is 0.234 e. The molecule has 6 heteroatoms. The molecule has 2 aromatic rings. The second kappa shape index (κ2) is 6.90. The highest BCUT2D eigenvalue weighted by molar-refractivity contribution is 8.00. The number of hydrogen-bond donors (Lipinski definition) is 2. The molecule has 3 N–H and O–H groups in total. The van der Waals surface area contributed by atoms with Gasteiger partial charge in [-0.2, -0.15) is 0 Å². The van der Waals surface area contributed by atoms with Gasteiger partial charge in [-0.3, -0.25) is 9.59 Å². The first kappa shape index (κ1) is 15.1. The van der Waals surface area contributed by atoms with Crippen LogP contribution in [0.25, 0.3) is 0 Å². The fourth-order valence-electron chi connectivity index (χ4n) is 1.61. The Kier molecular flexibility index (Phi) is 4.94. The molecule has 1 amide bonds. The van der Waals surface area contributed by atoms with E-state index in [1.54, 1.807) is 36.5 Å². The van der Waals surface area contributed by atoms with Crippen molar-refractivity contribution in [1.82, 2.24) is 4.98 Å². The van der Waals surface area contributed by atoms with Gasteiger partial charge in [0, 0.05) is 22.3 Å². The van der Waals surface area contributed by atoms with E-state index in [1.807, 2.05) is 6.07 Å². The number of benzene rings is 1. The van der Waals surface area contributed by atoms with Crippen LogP contribution in [0.5, 0.6) is 0 Å². The van der Waals surface area contributed by atoms with Gasteiger partial charge in [-0.05, 0) is 43.3 Å². The minimum absolute atomic E-state index is 0.000664. The van der Waals surface area contributed by atoms with E-state index < -0.39 is 0 Å². The fraction of sp³-hybridized carbons (Fsp3) is 0.133. The molecule has 0 unspecified atom stereocenters. The summed E-state index contributed by atoms with van der Waals surface area (Å²) in [4.78, 5) is 27.8. The number of amides is 1. The van der Waals surface area contributed by atoms with E-state index in [-0.39, 0.29) is 17.4 Å². The Morgan fingerprint density at radius 2 is 1.90 bits per heavy atom. The van der Waals surface area contributed by atoms with Gasteiger partial charge in [-0.1, -0.05) is 0 Å². The van der Waals surface area contributed by atoms with Gasteiger partial charge in [0.2, 0.25) is 5.91 Å². The highest BCUT2D eigenvalue weighted by Gasteiger charge is 2.05. The third-order valence-corrected chi connectivity index (χ3v) is 3.69. The number of nitrogens with two attached hydrogens (primary N) is 1. The first-order chi connectivity index (χ1) is 10.0. The molecule has 0 saturated carbocycles. The van der Waals surface area contributed by atoms with Crippen LogP contribution in [0.15, 0.2) is 47.5 Å². The number of Topliss-reactive ketones (excluding diaryl/α,β-unsaturated/α-hetero) is 1. The first-order valence-electron chi connectivity index (χ1n) is 6.30.